The second kappa shape index (κ2) is 21.2. The Kier molecular flexibility index (Phi) is 17.2. The first-order valence-electron chi connectivity index (χ1n) is 22.1. The second-order valence-corrected chi connectivity index (χ2v) is 29.4. The van der Waals surface area contributed by atoms with E-state index in [1.54, 1.807) is 32.9 Å². The van der Waals surface area contributed by atoms with Crippen LogP contribution in [0.3, 0.4) is 0 Å². The second-order valence-electron chi connectivity index (χ2n) is 20.2. The Morgan fingerprint density at radius 3 is 1.80 bits per heavy atom. The molecule has 3 aromatic rings. The van der Waals surface area contributed by atoms with Gasteiger partial charge >= 0.3 is 24.1 Å². The fourth-order valence-electron chi connectivity index (χ4n) is 8.27. The molecule has 1 saturated heterocycles. The molecule has 1 heterocycles. The zero-order valence-corrected chi connectivity index (χ0v) is 42.2. The van der Waals surface area contributed by atoms with Crippen LogP contribution < -0.4 is 15.7 Å². The van der Waals surface area contributed by atoms with Crippen molar-refractivity contribution in [3.05, 3.63) is 96.6 Å². The Balaban J connectivity index is 1.85. The van der Waals surface area contributed by atoms with Gasteiger partial charge in [0.1, 0.15) is 12.2 Å². The number of benzene rings is 3. The van der Waals surface area contributed by atoms with Crippen molar-refractivity contribution in [1.82, 2.24) is 10.2 Å². The molecule has 64 heavy (non-hydrogen) atoms. The average molecular weight is 921 g/mol. The van der Waals surface area contributed by atoms with E-state index < -0.39 is 76.2 Å². The van der Waals surface area contributed by atoms with E-state index in [4.69, 9.17) is 27.8 Å². The van der Waals surface area contributed by atoms with Gasteiger partial charge in [-0.1, -0.05) is 133 Å². The fourth-order valence-corrected chi connectivity index (χ4v) is 13.9. The highest BCUT2D eigenvalue weighted by Crippen LogP contribution is 2.44. The molecule has 0 aromatic heterocycles. The maximum Gasteiger partial charge on any atom is 0.410 e. The number of aliphatic hydroxyl groups is 1. The van der Waals surface area contributed by atoms with Crippen molar-refractivity contribution in [3.8, 4) is 0 Å². The van der Waals surface area contributed by atoms with E-state index in [1.807, 2.05) is 67.7 Å². The van der Waals surface area contributed by atoms with E-state index in [-0.39, 0.29) is 49.2 Å². The zero-order chi connectivity index (χ0) is 47.7. The SMILES string of the molecule is COC(=O)N1[C@@H](C[C@H](O)CO[Si](c2ccccc2)(c2ccccc2)C(C)(C)C)CC[C@]1(C(=O)OCc1ccccc1)[C@@H](OC(C)=O)[C@@H](CO[Si](C)(C)C(C)(C)C)NC(=O)OC(C)(C)C. The summed E-state index contributed by atoms with van der Waals surface area (Å²) in [7, 11) is -4.46. The highest BCUT2D eigenvalue weighted by atomic mass is 28.4. The largest absolute Gasteiger partial charge is 0.459 e. The summed E-state index contributed by atoms with van der Waals surface area (Å²) in [6.07, 6.45) is -4.47. The van der Waals surface area contributed by atoms with Gasteiger partial charge in [-0.2, -0.15) is 0 Å². The van der Waals surface area contributed by atoms with E-state index in [9.17, 15) is 19.5 Å². The Morgan fingerprint density at radius 2 is 1.33 bits per heavy atom. The summed E-state index contributed by atoms with van der Waals surface area (Å²) >= 11 is 0. The molecule has 0 bridgehead atoms. The van der Waals surface area contributed by atoms with Crippen LogP contribution in [0.25, 0.3) is 0 Å². The number of aliphatic hydroxyl groups excluding tert-OH is 1. The lowest BCUT2D eigenvalue weighted by atomic mass is 9.84. The molecule has 0 saturated carbocycles. The first kappa shape index (κ1) is 52.1. The molecule has 352 valence electrons. The van der Waals surface area contributed by atoms with E-state index in [2.05, 4.69) is 71.1 Å². The third-order valence-electron chi connectivity index (χ3n) is 12.3. The normalized spacial score (nSPS) is 18.7. The summed E-state index contributed by atoms with van der Waals surface area (Å²) in [4.78, 5) is 57.8. The van der Waals surface area contributed by atoms with Crippen LogP contribution in [-0.4, -0.2) is 107 Å². The van der Waals surface area contributed by atoms with Crippen LogP contribution in [0.1, 0.15) is 94.1 Å². The molecule has 5 atom stereocenters. The minimum absolute atomic E-state index is 0.0432. The van der Waals surface area contributed by atoms with Crippen LogP contribution in [0.5, 0.6) is 0 Å². The number of nitrogens with one attached hydrogen (secondary N) is 1. The molecule has 3 aromatic carbocycles. The predicted molar refractivity (Wildman–Crippen MR) is 252 cm³/mol. The average Bonchev–Trinajstić information content (AvgIpc) is 3.59. The Hall–Kier alpha value is -4.55. The lowest BCUT2D eigenvalue weighted by molar-refractivity contribution is -0.177. The minimum Gasteiger partial charge on any atom is -0.459 e. The van der Waals surface area contributed by atoms with E-state index >= 15 is 4.79 Å². The van der Waals surface area contributed by atoms with Gasteiger partial charge in [0.25, 0.3) is 8.32 Å². The summed E-state index contributed by atoms with van der Waals surface area (Å²) in [5.74, 6) is -1.67. The number of amides is 2. The van der Waals surface area contributed by atoms with Crippen molar-refractivity contribution in [2.45, 2.75) is 154 Å². The number of hydrogen-bond acceptors (Lipinski definition) is 11. The standard InChI is InChI=1S/C49H72N2O11Si2/c1-35(52)61-42(41(50-44(55)62-46(2,3)4)34-59-63(12,13)47(5,6)7)49(43(54)58-32-36-23-17-14-18-24-36)30-29-37(51(49)45(56)57-11)31-38(53)33-60-64(48(8,9)10,39-25-19-15-20-26-39)40-27-21-16-22-28-40/h14-28,37-38,41-42,53H,29-34H2,1-13H3,(H,50,55)/t37-,38+,41-,42+,49-/m1/s1. The maximum absolute atomic E-state index is 15.2. The van der Waals surface area contributed by atoms with Gasteiger partial charge in [0.2, 0.25) is 0 Å². The molecule has 2 N–H and O–H groups in total. The fraction of sp³-hybridized carbons (Fsp3) is 0.551. The van der Waals surface area contributed by atoms with Gasteiger partial charge in [0.15, 0.2) is 20.0 Å². The number of nitrogens with zero attached hydrogens (tertiary/aromatic N) is 1. The number of esters is 2. The smallest absolute Gasteiger partial charge is 0.410 e. The van der Waals surface area contributed by atoms with Crippen molar-refractivity contribution in [2.24, 2.45) is 0 Å². The molecular weight excluding hydrogens is 849 g/mol. The molecule has 0 spiro atoms. The number of methoxy groups -OCH3 is 1. The van der Waals surface area contributed by atoms with Crippen LogP contribution in [0, 0.1) is 0 Å². The Bertz CT molecular complexity index is 1960. The molecule has 13 nitrogen and oxygen atoms in total. The summed E-state index contributed by atoms with van der Waals surface area (Å²) < 4.78 is 37.1. The maximum atomic E-state index is 15.2. The van der Waals surface area contributed by atoms with Crippen molar-refractivity contribution in [2.75, 3.05) is 20.3 Å². The van der Waals surface area contributed by atoms with Crippen molar-refractivity contribution in [3.63, 3.8) is 0 Å². The van der Waals surface area contributed by atoms with Crippen LogP contribution in [0.4, 0.5) is 9.59 Å². The predicted octanol–water partition coefficient (Wildman–Crippen LogP) is 7.87. The molecular formula is C49H72N2O11Si2. The Morgan fingerprint density at radius 1 is 0.797 bits per heavy atom. The molecule has 15 heteroatoms. The third-order valence-corrected chi connectivity index (χ3v) is 21.8. The Labute approximate surface area is 382 Å². The number of alkyl carbamates (subject to hydrolysis) is 1. The van der Waals surface area contributed by atoms with Crippen molar-refractivity contribution >= 4 is 51.1 Å². The molecule has 1 fully saturated rings. The highest BCUT2D eigenvalue weighted by molar-refractivity contribution is 6.99. The molecule has 2 amide bonds. The summed E-state index contributed by atoms with van der Waals surface area (Å²) in [5, 5.41) is 16.3. The molecule has 4 rings (SSSR count). The number of rotatable bonds is 17. The molecule has 1 aliphatic rings. The van der Waals surface area contributed by atoms with Crippen LogP contribution in [-0.2, 0) is 44.0 Å². The van der Waals surface area contributed by atoms with E-state index in [1.165, 1.54) is 18.9 Å². The lowest BCUT2D eigenvalue weighted by Crippen LogP contribution is -2.70. The van der Waals surface area contributed by atoms with Gasteiger partial charge in [-0.15, -0.1) is 0 Å². The highest BCUT2D eigenvalue weighted by Gasteiger charge is 2.64. The van der Waals surface area contributed by atoms with E-state index in [0.717, 1.165) is 10.4 Å². The molecule has 0 radical (unpaired) electrons. The third kappa shape index (κ3) is 12.4. The number of likely N-dealkylation sites (tertiary alicyclic amines) is 1. The van der Waals surface area contributed by atoms with Crippen LogP contribution in [0.15, 0.2) is 91.0 Å². The number of ether oxygens (including phenoxy) is 4. The van der Waals surface area contributed by atoms with Gasteiger partial charge in [0, 0.05) is 13.0 Å². The molecule has 0 unspecified atom stereocenters. The molecule has 0 aliphatic carbocycles. The van der Waals surface area contributed by atoms with Crippen LogP contribution in [0.2, 0.25) is 23.2 Å². The van der Waals surface area contributed by atoms with E-state index in [0.29, 0.717) is 5.56 Å². The van der Waals surface area contributed by atoms with Crippen LogP contribution >= 0.6 is 0 Å². The van der Waals surface area contributed by atoms with Gasteiger partial charge in [-0.05, 0) is 79.1 Å². The lowest BCUT2D eigenvalue weighted by Gasteiger charge is -2.46. The quantitative estimate of drug-likeness (QED) is 0.0771. The van der Waals surface area contributed by atoms with Gasteiger partial charge in [-0.3, -0.25) is 9.69 Å². The van der Waals surface area contributed by atoms with Gasteiger partial charge in [-0.25, -0.2) is 14.4 Å². The van der Waals surface area contributed by atoms with Gasteiger partial charge in [0.05, 0.1) is 32.5 Å². The topological polar surface area (TPSA) is 159 Å². The van der Waals surface area contributed by atoms with Crippen molar-refractivity contribution < 1.29 is 52.1 Å². The number of hydrogen-bond donors (Lipinski definition) is 2. The first-order chi connectivity index (χ1) is 29.8. The minimum atomic E-state index is -3.08. The number of carbonyl (C=O) groups excluding carboxylic acids is 4. The van der Waals surface area contributed by atoms with Gasteiger partial charge < -0.3 is 38.2 Å². The monoisotopic (exact) mass is 920 g/mol. The number of carbonyl (C=O) groups is 4. The molecule has 1 aliphatic heterocycles. The zero-order valence-electron chi connectivity index (χ0n) is 40.2. The first-order valence-corrected chi connectivity index (χ1v) is 26.9. The summed E-state index contributed by atoms with van der Waals surface area (Å²) in [5.41, 5.74) is -2.33. The van der Waals surface area contributed by atoms with Crippen molar-refractivity contribution in [1.29, 1.82) is 0 Å². The summed E-state index contributed by atoms with van der Waals surface area (Å²) in [6.45, 7) is 22.5. The summed E-state index contributed by atoms with van der Waals surface area (Å²) in [6, 6.07) is 27.0.